The predicted molar refractivity (Wildman–Crippen MR) is 62.2 cm³/mol. The minimum absolute atomic E-state index is 0.392. The summed E-state index contributed by atoms with van der Waals surface area (Å²) in [7, 11) is 0. The molecule has 2 heterocycles. The molecule has 0 amide bonds. The van der Waals surface area contributed by atoms with Crippen LogP contribution >= 0.6 is 22.9 Å². The number of hydrogen-bond donors (Lipinski definition) is 1. The summed E-state index contributed by atoms with van der Waals surface area (Å²) < 4.78 is 5.28. The molecule has 0 bridgehead atoms. The molecule has 2 rings (SSSR count). The first-order valence-electron chi connectivity index (χ1n) is 4.70. The summed E-state index contributed by atoms with van der Waals surface area (Å²) in [5.74, 6) is 0.726. The lowest BCUT2D eigenvalue weighted by atomic mass is 10.2. The summed E-state index contributed by atoms with van der Waals surface area (Å²) in [4.78, 5) is 4.44. The Balaban J connectivity index is 2.13. The van der Waals surface area contributed by atoms with Gasteiger partial charge in [-0.3, -0.25) is 0 Å². The highest BCUT2D eigenvalue weighted by atomic mass is 35.5. The lowest BCUT2D eigenvalue weighted by molar-refractivity contribution is 0.583. The maximum absolute atomic E-state index is 5.69. The van der Waals surface area contributed by atoms with Gasteiger partial charge in [0.05, 0.1) is 5.69 Å². The van der Waals surface area contributed by atoms with E-state index in [2.05, 4.69) is 4.98 Å². The van der Waals surface area contributed by atoms with Crippen LogP contribution < -0.4 is 5.73 Å². The van der Waals surface area contributed by atoms with E-state index < -0.39 is 0 Å². The van der Waals surface area contributed by atoms with E-state index in [1.807, 2.05) is 11.4 Å². The van der Waals surface area contributed by atoms with Gasteiger partial charge in [0.15, 0.2) is 16.0 Å². The quantitative estimate of drug-likeness (QED) is 0.897. The molecule has 2 N–H and O–H groups in total. The van der Waals surface area contributed by atoms with Gasteiger partial charge < -0.3 is 10.2 Å². The van der Waals surface area contributed by atoms with Gasteiger partial charge in [-0.1, -0.05) is 0 Å². The number of nitrogens with zero attached hydrogens (tertiary/aromatic N) is 1. The van der Waals surface area contributed by atoms with Crippen molar-refractivity contribution >= 4 is 22.9 Å². The van der Waals surface area contributed by atoms with Crippen molar-refractivity contribution in [2.24, 2.45) is 5.73 Å². The fourth-order valence-electron chi connectivity index (χ4n) is 1.25. The van der Waals surface area contributed by atoms with Crippen LogP contribution in [0.4, 0.5) is 0 Å². The van der Waals surface area contributed by atoms with Crippen LogP contribution in [0.5, 0.6) is 0 Å². The van der Waals surface area contributed by atoms with E-state index in [9.17, 15) is 0 Å². The number of nitrogens with two attached hydrogens (primary N) is 1. The molecule has 3 nitrogen and oxygen atoms in total. The molecule has 0 radical (unpaired) electrons. The minimum Gasteiger partial charge on any atom is -0.442 e. The molecule has 0 spiro atoms. The molecule has 2 aromatic rings. The van der Waals surface area contributed by atoms with E-state index in [1.165, 1.54) is 0 Å². The van der Waals surface area contributed by atoms with Gasteiger partial charge in [-0.05, 0) is 43.1 Å². The van der Waals surface area contributed by atoms with Crippen molar-refractivity contribution < 1.29 is 4.42 Å². The maximum atomic E-state index is 5.69. The van der Waals surface area contributed by atoms with Crippen molar-refractivity contribution in [3.8, 4) is 10.8 Å². The zero-order chi connectivity index (χ0) is 10.7. The van der Waals surface area contributed by atoms with Crippen molar-refractivity contribution in [3.05, 3.63) is 28.4 Å². The van der Waals surface area contributed by atoms with Crippen LogP contribution in [-0.4, -0.2) is 11.5 Å². The Kier molecular flexibility index (Phi) is 3.41. The van der Waals surface area contributed by atoms with E-state index in [4.69, 9.17) is 21.8 Å². The molecule has 0 aliphatic heterocycles. The number of aromatic nitrogens is 1. The zero-order valence-corrected chi connectivity index (χ0v) is 9.64. The summed E-state index contributed by atoms with van der Waals surface area (Å²) >= 11 is 7.26. The Morgan fingerprint density at radius 3 is 3.00 bits per heavy atom. The van der Waals surface area contributed by atoms with Crippen LogP contribution in [0.25, 0.3) is 10.8 Å². The first kappa shape index (κ1) is 10.7. The second kappa shape index (κ2) is 4.79. The maximum Gasteiger partial charge on any atom is 0.194 e. The Morgan fingerprint density at radius 1 is 1.47 bits per heavy atom. The Labute approximate surface area is 96.9 Å². The summed E-state index contributed by atoms with van der Waals surface area (Å²) in [6.07, 6.45) is 1.88. The van der Waals surface area contributed by atoms with E-state index in [-0.39, 0.29) is 0 Å². The normalized spacial score (nSPS) is 10.8. The van der Waals surface area contributed by atoms with Gasteiger partial charge in [-0.15, -0.1) is 11.3 Å². The minimum atomic E-state index is 0.392. The number of aryl methyl sites for hydroxylation is 1. The molecule has 0 aromatic carbocycles. The molecule has 80 valence electrons. The van der Waals surface area contributed by atoms with Crippen LogP contribution in [0, 0.1) is 0 Å². The largest absolute Gasteiger partial charge is 0.442 e. The topological polar surface area (TPSA) is 52.0 Å². The number of hydrogen-bond acceptors (Lipinski definition) is 4. The third-order valence-electron chi connectivity index (χ3n) is 1.97. The van der Waals surface area contributed by atoms with Crippen molar-refractivity contribution in [1.29, 1.82) is 0 Å². The molecule has 0 unspecified atom stereocenters. The van der Waals surface area contributed by atoms with Gasteiger partial charge in [0.2, 0.25) is 0 Å². The fraction of sp³-hybridized carbons (Fsp3) is 0.300. The lowest BCUT2D eigenvalue weighted by Gasteiger charge is -1.91. The van der Waals surface area contributed by atoms with Crippen molar-refractivity contribution in [2.45, 2.75) is 12.8 Å². The average Bonchev–Trinajstić information content (AvgIpc) is 2.83. The molecule has 0 atom stereocenters. The number of thiazole rings is 1. The Bertz CT molecular complexity index is 438. The highest BCUT2D eigenvalue weighted by Gasteiger charge is 2.08. The van der Waals surface area contributed by atoms with E-state index in [0.717, 1.165) is 29.3 Å². The monoisotopic (exact) mass is 242 g/mol. The van der Waals surface area contributed by atoms with Crippen LogP contribution in [0.3, 0.4) is 0 Å². The van der Waals surface area contributed by atoms with E-state index >= 15 is 0 Å². The number of rotatable bonds is 4. The van der Waals surface area contributed by atoms with Crippen LogP contribution in [0.1, 0.15) is 12.1 Å². The third kappa shape index (κ3) is 2.59. The van der Waals surface area contributed by atoms with Gasteiger partial charge in [-0.2, -0.15) is 0 Å². The molecule has 0 saturated heterocycles. The molecule has 15 heavy (non-hydrogen) atoms. The summed E-state index contributed by atoms with van der Waals surface area (Å²) in [5.41, 5.74) is 6.50. The molecular weight excluding hydrogens is 232 g/mol. The fourth-order valence-corrected chi connectivity index (χ4v) is 2.21. The number of furan rings is 1. The zero-order valence-electron chi connectivity index (χ0n) is 8.07. The van der Waals surface area contributed by atoms with E-state index in [1.54, 1.807) is 17.4 Å². The van der Waals surface area contributed by atoms with Crippen LogP contribution in [-0.2, 0) is 6.42 Å². The van der Waals surface area contributed by atoms with Gasteiger partial charge >= 0.3 is 0 Å². The second-order valence-electron chi connectivity index (χ2n) is 3.14. The summed E-state index contributed by atoms with van der Waals surface area (Å²) in [5, 5.41) is 3.29. The molecule has 0 saturated carbocycles. The number of halogens is 1. The third-order valence-corrected chi connectivity index (χ3v) is 3.08. The molecule has 0 aliphatic carbocycles. The highest BCUT2D eigenvalue weighted by molar-refractivity contribution is 7.13. The first-order valence-corrected chi connectivity index (χ1v) is 5.95. The van der Waals surface area contributed by atoms with Gasteiger partial charge in [-0.25, -0.2) is 4.98 Å². The summed E-state index contributed by atoms with van der Waals surface area (Å²) in [6.45, 7) is 0.694. The molecule has 2 aromatic heterocycles. The van der Waals surface area contributed by atoms with Crippen LogP contribution in [0.15, 0.2) is 21.9 Å². The highest BCUT2D eigenvalue weighted by Crippen LogP contribution is 2.27. The summed E-state index contributed by atoms with van der Waals surface area (Å²) in [6, 6.07) is 3.55. The Hall–Kier alpha value is -0.840. The SMILES string of the molecule is NCCCc1csc(-c2ccc(Cl)o2)n1. The van der Waals surface area contributed by atoms with Gasteiger partial charge in [0.1, 0.15) is 0 Å². The lowest BCUT2D eigenvalue weighted by Crippen LogP contribution is -2.00. The molecular formula is C10H11ClN2OS. The Morgan fingerprint density at radius 2 is 2.33 bits per heavy atom. The van der Waals surface area contributed by atoms with Crippen LogP contribution in [0.2, 0.25) is 5.22 Å². The first-order chi connectivity index (χ1) is 7.29. The van der Waals surface area contributed by atoms with Crippen molar-refractivity contribution in [2.75, 3.05) is 6.54 Å². The average molecular weight is 243 g/mol. The van der Waals surface area contributed by atoms with Gasteiger partial charge in [0.25, 0.3) is 0 Å². The predicted octanol–water partition coefficient (Wildman–Crippen LogP) is 2.95. The smallest absolute Gasteiger partial charge is 0.194 e. The molecule has 0 fully saturated rings. The van der Waals surface area contributed by atoms with E-state index in [0.29, 0.717) is 11.8 Å². The standard InChI is InChI=1S/C10H11ClN2OS/c11-9-4-3-8(14-9)10-13-7(6-15-10)2-1-5-12/h3-4,6H,1-2,5,12H2. The van der Waals surface area contributed by atoms with Gasteiger partial charge in [0, 0.05) is 5.38 Å². The van der Waals surface area contributed by atoms with Crippen molar-refractivity contribution in [3.63, 3.8) is 0 Å². The van der Waals surface area contributed by atoms with Crippen molar-refractivity contribution in [1.82, 2.24) is 4.98 Å². The molecule has 5 heteroatoms. The molecule has 0 aliphatic rings. The second-order valence-corrected chi connectivity index (χ2v) is 4.37.